The Kier molecular flexibility index (Phi) is 10.7. The van der Waals surface area contributed by atoms with Crippen molar-refractivity contribution in [1.82, 2.24) is 10.2 Å². The molecular formula is C32H39Cl2N3O4S. The van der Waals surface area contributed by atoms with Crippen LogP contribution in [0.4, 0.5) is 5.69 Å². The molecule has 0 bridgehead atoms. The van der Waals surface area contributed by atoms with Crippen LogP contribution in [0.3, 0.4) is 0 Å². The number of anilines is 1. The molecule has 7 nitrogen and oxygen atoms in total. The Morgan fingerprint density at radius 2 is 1.48 bits per heavy atom. The van der Waals surface area contributed by atoms with Gasteiger partial charge in [0, 0.05) is 27.7 Å². The lowest BCUT2D eigenvalue weighted by Gasteiger charge is -2.35. The summed E-state index contributed by atoms with van der Waals surface area (Å²) in [7, 11) is -4.18. The van der Waals surface area contributed by atoms with Gasteiger partial charge in [-0.25, -0.2) is 8.42 Å². The van der Waals surface area contributed by atoms with Crippen LogP contribution in [0.15, 0.2) is 65.6 Å². The van der Waals surface area contributed by atoms with Crippen LogP contribution in [0.1, 0.15) is 56.4 Å². The smallest absolute Gasteiger partial charge is 0.264 e. The lowest BCUT2D eigenvalue weighted by molar-refractivity contribution is -0.141. The Bertz CT molecular complexity index is 1530. The highest BCUT2D eigenvalue weighted by atomic mass is 35.5. The molecule has 0 heterocycles. The van der Waals surface area contributed by atoms with E-state index in [1.165, 1.54) is 17.0 Å². The maximum atomic E-state index is 14.3. The maximum Gasteiger partial charge on any atom is 0.264 e. The number of rotatable bonds is 10. The zero-order valence-electron chi connectivity index (χ0n) is 25.2. The van der Waals surface area contributed by atoms with Gasteiger partial charge in [-0.1, -0.05) is 66.0 Å². The molecule has 1 unspecified atom stereocenters. The third kappa shape index (κ3) is 7.85. The molecule has 1 N–H and O–H groups in total. The van der Waals surface area contributed by atoms with Crippen molar-refractivity contribution in [2.45, 2.75) is 77.9 Å². The lowest BCUT2D eigenvalue weighted by Crippen LogP contribution is -2.55. The summed E-state index contributed by atoms with van der Waals surface area (Å²) in [6.45, 7) is 12.3. The summed E-state index contributed by atoms with van der Waals surface area (Å²) in [5, 5.41) is 3.63. The van der Waals surface area contributed by atoms with Gasteiger partial charge in [0.2, 0.25) is 11.8 Å². The van der Waals surface area contributed by atoms with E-state index in [-0.39, 0.29) is 23.8 Å². The molecule has 2 amide bonds. The van der Waals surface area contributed by atoms with Crippen LogP contribution in [0, 0.1) is 20.8 Å². The number of carbonyl (C=O) groups excluding carboxylic acids is 2. The average Bonchev–Trinajstić information content (AvgIpc) is 2.89. The number of aryl methyl sites for hydroxylation is 2. The van der Waals surface area contributed by atoms with E-state index >= 15 is 0 Å². The van der Waals surface area contributed by atoms with Crippen molar-refractivity contribution in [3.8, 4) is 0 Å². The van der Waals surface area contributed by atoms with Crippen LogP contribution in [0.2, 0.25) is 10.0 Å². The zero-order chi connectivity index (χ0) is 31.4. The van der Waals surface area contributed by atoms with Crippen molar-refractivity contribution in [3.05, 3.63) is 93.0 Å². The van der Waals surface area contributed by atoms with E-state index in [0.29, 0.717) is 21.3 Å². The molecule has 0 aliphatic carbocycles. The maximum absolute atomic E-state index is 14.3. The molecule has 0 aliphatic heterocycles. The first kappa shape index (κ1) is 33.4. The van der Waals surface area contributed by atoms with Gasteiger partial charge in [-0.15, -0.1) is 0 Å². The molecule has 0 radical (unpaired) electrons. The van der Waals surface area contributed by atoms with Gasteiger partial charge in [0.05, 0.1) is 10.6 Å². The number of carbonyl (C=O) groups is 2. The normalized spacial score (nSPS) is 12.5. The Balaban J connectivity index is 2.16. The molecular weight excluding hydrogens is 593 g/mol. The Morgan fingerprint density at radius 3 is 2.02 bits per heavy atom. The lowest BCUT2D eigenvalue weighted by atomic mass is 10.1. The minimum Gasteiger partial charge on any atom is -0.350 e. The molecule has 3 aromatic rings. The second kappa shape index (κ2) is 13.5. The summed E-state index contributed by atoms with van der Waals surface area (Å²) in [5.74, 6) is -0.931. The van der Waals surface area contributed by atoms with Crippen molar-refractivity contribution in [1.29, 1.82) is 0 Å². The molecule has 0 saturated heterocycles. The minimum atomic E-state index is -4.18. The third-order valence-electron chi connectivity index (χ3n) is 7.01. The molecule has 0 aromatic heterocycles. The molecule has 0 saturated carbocycles. The number of hydrogen-bond acceptors (Lipinski definition) is 4. The summed E-state index contributed by atoms with van der Waals surface area (Å²) >= 11 is 13.0. The summed E-state index contributed by atoms with van der Waals surface area (Å²) in [5.41, 5.74) is 2.80. The van der Waals surface area contributed by atoms with Gasteiger partial charge >= 0.3 is 0 Å². The summed E-state index contributed by atoms with van der Waals surface area (Å²) < 4.78 is 29.4. The Hall–Kier alpha value is -3.07. The van der Waals surface area contributed by atoms with E-state index in [0.717, 1.165) is 21.0 Å². The molecule has 3 rings (SSSR count). The monoisotopic (exact) mass is 631 g/mol. The molecule has 0 aliphatic rings. The Labute approximate surface area is 259 Å². The molecule has 226 valence electrons. The predicted octanol–water partition coefficient (Wildman–Crippen LogP) is 6.84. The number of amides is 2. The van der Waals surface area contributed by atoms with Crippen molar-refractivity contribution in [3.63, 3.8) is 0 Å². The molecule has 10 heteroatoms. The van der Waals surface area contributed by atoms with E-state index < -0.39 is 34.1 Å². The first-order valence-electron chi connectivity index (χ1n) is 13.8. The second-order valence-corrected chi connectivity index (χ2v) is 14.1. The van der Waals surface area contributed by atoms with E-state index in [2.05, 4.69) is 5.32 Å². The number of benzene rings is 3. The summed E-state index contributed by atoms with van der Waals surface area (Å²) in [6.07, 6.45) is 0.282. The average molecular weight is 633 g/mol. The quantitative estimate of drug-likeness (QED) is 0.265. The standard InChI is InChI=1S/C32H39Cl2N3O4S/c1-8-28(31(39)35-32(5,6)7)36(19-25-26(33)12-10-13-27(25)34)30(38)20-37(29-14-9-11-22(3)23(29)4)42(40,41)24-17-15-21(2)16-18-24/h9-18,28H,8,19-20H2,1-7H3,(H,35,39). The number of hydrogen-bond donors (Lipinski definition) is 1. The molecule has 3 aromatic carbocycles. The molecule has 1 atom stereocenters. The third-order valence-corrected chi connectivity index (χ3v) is 9.49. The van der Waals surface area contributed by atoms with Gasteiger partial charge < -0.3 is 10.2 Å². The number of halogens is 2. The van der Waals surface area contributed by atoms with Gasteiger partial charge in [0.25, 0.3) is 10.0 Å². The second-order valence-electron chi connectivity index (χ2n) is 11.4. The Morgan fingerprint density at radius 1 is 0.905 bits per heavy atom. The summed E-state index contributed by atoms with van der Waals surface area (Å²) in [6, 6.07) is 15.9. The van der Waals surface area contributed by atoms with Gasteiger partial charge in [0.15, 0.2) is 0 Å². The van der Waals surface area contributed by atoms with Crippen molar-refractivity contribution >= 4 is 50.7 Å². The van der Waals surface area contributed by atoms with Crippen LogP contribution in [-0.4, -0.2) is 43.3 Å². The molecule has 42 heavy (non-hydrogen) atoms. The summed E-state index contributed by atoms with van der Waals surface area (Å²) in [4.78, 5) is 29.2. The highest BCUT2D eigenvalue weighted by Crippen LogP contribution is 2.31. The SMILES string of the molecule is CCC(C(=O)NC(C)(C)C)N(Cc1c(Cl)cccc1Cl)C(=O)CN(c1cccc(C)c1C)S(=O)(=O)c1ccc(C)cc1. The highest BCUT2D eigenvalue weighted by Gasteiger charge is 2.35. The molecule has 0 fully saturated rings. The fourth-order valence-electron chi connectivity index (χ4n) is 4.58. The van der Waals surface area contributed by atoms with Gasteiger partial charge in [-0.3, -0.25) is 13.9 Å². The van der Waals surface area contributed by atoms with E-state index in [1.54, 1.807) is 49.4 Å². The van der Waals surface area contributed by atoms with Crippen LogP contribution in [-0.2, 0) is 26.2 Å². The number of nitrogens with zero attached hydrogens (tertiary/aromatic N) is 2. The van der Waals surface area contributed by atoms with Gasteiger partial charge in [-0.05, 0) is 89.4 Å². The molecule has 0 spiro atoms. The van der Waals surface area contributed by atoms with E-state index in [1.807, 2.05) is 47.6 Å². The fraction of sp³-hybridized carbons (Fsp3) is 0.375. The van der Waals surface area contributed by atoms with E-state index in [9.17, 15) is 18.0 Å². The van der Waals surface area contributed by atoms with Crippen molar-refractivity contribution in [2.75, 3.05) is 10.8 Å². The van der Waals surface area contributed by atoms with Crippen LogP contribution >= 0.6 is 23.2 Å². The van der Waals surface area contributed by atoms with Crippen LogP contribution in [0.5, 0.6) is 0 Å². The number of sulfonamides is 1. The highest BCUT2D eigenvalue weighted by molar-refractivity contribution is 7.92. The van der Waals surface area contributed by atoms with Crippen LogP contribution in [0.25, 0.3) is 0 Å². The zero-order valence-corrected chi connectivity index (χ0v) is 27.5. The number of nitrogens with one attached hydrogen (secondary N) is 1. The minimum absolute atomic E-state index is 0.0556. The van der Waals surface area contributed by atoms with Gasteiger partial charge in [-0.2, -0.15) is 0 Å². The fourth-order valence-corrected chi connectivity index (χ4v) is 6.57. The predicted molar refractivity (Wildman–Crippen MR) is 171 cm³/mol. The van der Waals surface area contributed by atoms with Crippen LogP contribution < -0.4 is 9.62 Å². The first-order valence-corrected chi connectivity index (χ1v) is 16.0. The van der Waals surface area contributed by atoms with E-state index in [4.69, 9.17) is 23.2 Å². The largest absolute Gasteiger partial charge is 0.350 e. The topological polar surface area (TPSA) is 86.8 Å². The van der Waals surface area contributed by atoms with Crippen molar-refractivity contribution in [2.24, 2.45) is 0 Å². The van der Waals surface area contributed by atoms with Crippen molar-refractivity contribution < 1.29 is 18.0 Å². The van der Waals surface area contributed by atoms with Gasteiger partial charge in [0.1, 0.15) is 12.6 Å². The first-order chi connectivity index (χ1) is 19.6.